The highest BCUT2D eigenvalue weighted by Gasteiger charge is 2.14. The van der Waals surface area contributed by atoms with Crippen LogP contribution in [0.5, 0.6) is 0 Å². The van der Waals surface area contributed by atoms with Crippen LogP contribution in [0.1, 0.15) is 61.2 Å². The van der Waals surface area contributed by atoms with Crippen LogP contribution >= 0.6 is 24.0 Å². The van der Waals surface area contributed by atoms with Crippen LogP contribution in [0, 0.1) is 13.8 Å². The fraction of sp³-hybridized carbons (Fsp3) is 0.700. The first-order valence-corrected chi connectivity index (χ1v) is 10.5. The quantitative estimate of drug-likeness (QED) is 0.257. The number of fused-ring (bicyclic) bond motifs is 1. The van der Waals surface area contributed by atoms with E-state index in [9.17, 15) is 0 Å². The summed E-state index contributed by atoms with van der Waals surface area (Å²) in [6, 6.07) is 0. The monoisotopic (exact) mass is 514 g/mol. The summed E-state index contributed by atoms with van der Waals surface area (Å²) in [5, 5.41) is 20.1. The number of aliphatic imine (C=N–C) groups is 1. The van der Waals surface area contributed by atoms with Gasteiger partial charge in [0, 0.05) is 50.8 Å². The zero-order chi connectivity index (χ0) is 19.9. The minimum Gasteiger partial charge on any atom is -0.357 e. The number of hydrogen-bond acceptors (Lipinski definition) is 4. The van der Waals surface area contributed by atoms with Crippen LogP contribution in [0.15, 0.2) is 4.99 Å². The Hall–Kier alpha value is -1.65. The molecule has 8 nitrogen and oxygen atoms in total. The number of nitrogens with one attached hydrogen (secondary N) is 2. The van der Waals surface area contributed by atoms with Gasteiger partial charge >= 0.3 is 0 Å². The van der Waals surface area contributed by atoms with Gasteiger partial charge in [-0.2, -0.15) is 5.10 Å². The Labute approximate surface area is 191 Å². The van der Waals surface area contributed by atoms with Crippen LogP contribution in [0.25, 0.3) is 0 Å². The third-order valence-corrected chi connectivity index (χ3v) is 5.45. The number of rotatable bonds is 7. The van der Waals surface area contributed by atoms with E-state index in [-0.39, 0.29) is 24.0 Å². The molecule has 2 N–H and O–H groups in total. The second-order valence-corrected chi connectivity index (χ2v) is 7.49. The third-order valence-electron chi connectivity index (χ3n) is 5.45. The number of hydrogen-bond donors (Lipinski definition) is 2. The Morgan fingerprint density at radius 2 is 1.97 bits per heavy atom. The number of guanidine groups is 1. The standard InChI is InChI=1S/C20H34N8.HI/c1-5-21-20(23-14-17-15(2)26-27(4)16(17)3)22-12-9-11-19-25-24-18-10-7-6-8-13-28(18)19;/h5-14H2,1-4H3,(H2,21,22,23);1H. The molecule has 0 saturated carbocycles. The summed E-state index contributed by atoms with van der Waals surface area (Å²) in [5.74, 6) is 3.14. The molecule has 0 saturated heterocycles. The lowest BCUT2D eigenvalue weighted by Crippen LogP contribution is -2.38. The molecule has 162 valence electrons. The van der Waals surface area contributed by atoms with Crippen molar-refractivity contribution in [3.8, 4) is 0 Å². The van der Waals surface area contributed by atoms with Crippen LogP contribution < -0.4 is 10.6 Å². The van der Waals surface area contributed by atoms with Gasteiger partial charge in [-0.3, -0.25) is 4.68 Å². The summed E-state index contributed by atoms with van der Waals surface area (Å²) in [5.41, 5.74) is 3.42. The summed E-state index contributed by atoms with van der Waals surface area (Å²) in [6.45, 7) is 9.63. The van der Waals surface area contributed by atoms with E-state index in [1.807, 2.05) is 18.7 Å². The number of aromatic nitrogens is 5. The maximum absolute atomic E-state index is 4.74. The smallest absolute Gasteiger partial charge is 0.191 e. The van der Waals surface area contributed by atoms with Gasteiger partial charge in [0.05, 0.1) is 12.2 Å². The predicted molar refractivity (Wildman–Crippen MR) is 127 cm³/mol. The van der Waals surface area contributed by atoms with Crippen molar-refractivity contribution >= 4 is 29.9 Å². The van der Waals surface area contributed by atoms with Crippen LogP contribution in [-0.4, -0.2) is 43.6 Å². The number of halogens is 1. The lowest BCUT2D eigenvalue weighted by molar-refractivity contribution is 0.594. The lowest BCUT2D eigenvalue weighted by Gasteiger charge is -2.12. The molecule has 0 atom stereocenters. The topological polar surface area (TPSA) is 84.9 Å². The normalized spacial score (nSPS) is 14.1. The van der Waals surface area contributed by atoms with Gasteiger partial charge in [-0.15, -0.1) is 34.2 Å². The van der Waals surface area contributed by atoms with E-state index in [0.29, 0.717) is 6.54 Å². The Morgan fingerprint density at radius 3 is 2.69 bits per heavy atom. The highest BCUT2D eigenvalue weighted by molar-refractivity contribution is 14.0. The van der Waals surface area contributed by atoms with E-state index in [1.165, 1.54) is 30.5 Å². The molecule has 0 fully saturated rings. The van der Waals surface area contributed by atoms with Crippen LogP contribution in [0.2, 0.25) is 0 Å². The molecule has 0 aromatic carbocycles. The first-order chi connectivity index (χ1) is 13.6. The average Bonchev–Trinajstić information content (AvgIpc) is 3.05. The van der Waals surface area contributed by atoms with E-state index >= 15 is 0 Å². The molecule has 1 aliphatic rings. The molecule has 3 heterocycles. The first kappa shape index (κ1) is 23.6. The summed E-state index contributed by atoms with van der Waals surface area (Å²) < 4.78 is 4.25. The Kier molecular flexibility index (Phi) is 9.38. The molecule has 9 heteroatoms. The first-order valence-electron chi connectivity index (χ1n) is 10.5. The molecule has 0 amide bonds. The van der Waals surface area contributed by atoms with Crippen molar-refractivity contribution in [1.29, 1.82) is 0 Å². The Morgan fingerprint density at radius 1 is 1.14 bits per heavy atom. The number of aryl methyl sites for hydroxylation is 4. The lowest BCUT2D eigenvalue weighted by atomic mass is 10.2. The largest absolute Gasteiger partial charge is 0.357 e. The second kappa shape index (κ2) is 11.5. The average molecular weight is 514 g/mol. The van der Waals surface area contributed by atoms with Crippen molar-refractivity contribution in [2.24, 2.45) is 12.0 Å². The van der Waals surface area contributed by atoms with Crippen molar-refractivity contribution < 1.29 is 0 Å². The maximum atomic E-state index is 4.74. The maximum Gasteiger partial charge on any atom is 0.191 e. The zero-order valence-electron chi connectivity index (χ0n) is 18.2. The minimum atomic E-state index is 0. The fourth-order valence-electron chi connectivity index (χ4n) is 3.73. The second-order valence-electron chi connectivity index (χ2n) is 7.49. The van der Waals surface area contributed by atoms with Crippen LogP contribution in [0.3, 0.4) is 0 Å². The minimum absolute atomic E-state index is 0. The molecule has 0 spiro atoms. The van der Waals surface area contributed by atoms with E-state index < -0.39 is 0 Å². The molecule has 1 aliphatic heterocycles. The number of nitrogens with zero attached hydrogens (tertiary/aromatic N) is 6. The molecule has 0 aliphatic carbocycles. The molecule has 0 unspecified atom stereocenters. The molecule has 2 aromatic rings. The summed E-state index contributed by atoms with van der Waals surface area (Å²) in [7, 11) is 1.98. The summed E-state index contributed by atoms with van der Waals surface area (Å²) >= 11 is 0. The van der Waals surface area contributed by atoms with Gasteiger partial charge < -0.3 is 15.2 Å². The van der Waals surface area contributed by atoms with E-state index in [2.05, 4.69) is 44.3 Å². The van der Waals surface area contributed by atoms with E-state index in [1.54, 1.807) is 0 Å². The molecule has 3 rings (SSSR count). The zero-order valence-corrected chi connectivity index (χ0v) is 20.5. The SMILES string of the molecule is CCNC(=NCc1c(C)nn(C)c1C)NCCCc1nnc2n1CCCCC2.I. The van der Waals surface area contributed by atoms with Gasteiger partial charge in [0.15, 0.2) is 5.96 Å². The van der Waals surface area contributed by atoms with Gasteiger partial charge in [-0.1, -0.05) is 6.42 Å². The van der Waals surface area contributed by atoms with Crippen molar-refractivity contribution in [2.75, 3.05) is 13.1 Å². The van der Waals surface area contributed by atoms with Crippen molar-refractivity contribution in [3.05, 3.63) is 28.6 Å². The van der Waals surface area contributed by atoms with E-state index in [0.717, 1.165) is 62.2 Å². The van der Waals surface area contributed by atoms with Crippen molar-refractivity contribution in [3.63, 3.8) is 0 Å². The third kappa shape index (κ3) is 6.16. The molecular weight excluding hydrogens is 479 g/mol. The van der Waals surface area contributed by atoms with Crippen molar-refractivity contribution in [1.82, 2.24) is 35.2 Å². The Balaban J connectivity index is 0.00000300. The van der Waals surface area contributed by atoms with Gasteiger partial charge in [0.2, 0.25) is 0 Å². The Bertz CT molecular complexity index is 808. The molecule has 2 aromatic heterocycles. The highest BCUT2D eigenvalue weighted by Crippen LogP contribution is 2.15. The highest BCUT2D eigenvalue weighted by atomic mass is 127. The van der Waals surface area contributed by atoms with Gasteiger partial charge in [-0.25, -0.2) is 4.99 Å². The summed E-state index contributed by atoms with van der Waals surface area (Å²) in [4.78, 5) is 4.74. The molecule has 29 heavy (non-hydrogen) atoms. The van der Waals surface area contributed by atoms with Gasteiger partial charge in [-0.05, 0) is 40.0 Å². The summed E-state index contributed by atoms with van der Waals surface area (Å²) in [6.07, 6.45) is 6.78. The van der Waals surface area contributed by atoms with Crippen molar-refractivity contribution in [2.45, 2.75) is 72.4 Å². The predicted octanol–water partition coefficient (Wildman–Crippen LogP) is 2.66. The van der Waals surface area contributed by atoms with Gasteiger partial charge in [0.25, 0.3) is 0 Å². The van der Waals surface area contributed by atoms with Gasteiger partial charge in [0.1, 0.15) is 11.6 Å². The molecular formula is C20H35IN8. The van der Waals surface area contributed by atoms with Crippen LogP contribution in [0.4, 0.5) is 0 Å². The van der Waals surface area contributed by atoms with Crippen LogP contribution in [-0.2, 0) is 33.0 Å². The molecule has 0 radical (unpaired) electrons. The molecule has 0 bridgehead atoms. The fourth-order valence-corrected chi connectivity index (χ4v) is 3.73. The van der Waals surface area contributed by atoms with E-state index in [4.69, 9.17) is 4.99 Å².